The third-order valence-corrected chi connectivity index (χ3v) is 2.27. The molecule has 1 N–H and O–H groups in total. The molecule has 2 rings (SSSR count). The Hall–Kier alpha value is -1.56. The molecule has 0 amide bonds. The molecule has 16 heavy (non-hydrogen) atoms. The number of halogens is 4. The van der Waals surface area contributed by atoms with Crippen LogP contribution >= 0.6 is 11.6 Å². The number of rotatable bonds is 1. The fourth-order valence-corrected chi connectivity index (χ4v) is 1.45. The van der Waals surface area contributed by atoms with Gasteiger partial charge in [-0.1, -0.05) is 11.6 Å². The zero-order valence-corrected chi connectivity index (χ0v) is 8.47. The maximum Gasteiger partial charge on any atom is 0.417 e. The highest BCUT2D eigenvalue weighted by Crippen LogP contribution is 2.36. The van der Waals surface area contributed by atoms with Crippen molar-refractivity contribution < 1.29 is 13.2 Å². The zero-order valence-electron chi connectivity index (χ0n) is 7.72. The van der Waals surface area contributed by atoms with Gasteiger partial charge in [-0.05, 0) is 18.2 Å². The molecule has 0 aliphatic carbocycles. The molecule has 2 aromatic rings. The number of aromatic amines is 1. The van der Waals surface area contributed by atoms with E-state index in [1.54, 1.807) is 0 Å². The van der Waals surface area contributed by atoms with Crippen LogP contribution in [0.2, 0.25) is 5.02 Å². The van der Waals surface area contributed by atoms with Crippen molar-refractivity contribution in [3.05, 3.63) is 35.1 Å². The molecular formula is C9H5ClF3N3. The van der Waals surface area contributed by atoms with Gasteiger partial charge in [0.1, 0.15) is 6.33 Å². The second-order valence-corrected chi connectivity index (χ2v) is 3.42. The van der Waals surface area contributed by atoms with Gasteiger partial charge in [-0.2, -0.15) is 18.3 Å². The number of hydrogen-bond donors (Lipinski definition) is 1. The minimum Gasteiger partial charge on any atom is -0.265 e. The monoisotopic (exact) mass is 247 g/mol. The van der Waals surface area contributed by atoms with Crippen LogP contribution in [0.4, 0.5) is 13.2 Å². The molecule has 0 atom stereocenters. The first kappa shape index (κ1) is 10.9. The van der Waals surface area contributed by atoms with Gasteiger partial charge >= 0.3 is 6.18 Å². The Morgan fingerprint density at radius 1 is 1.25 bits per heavy atom. The normalized spacial score (nSPS) is 11.8. The first-order valence-corrected chi connectivity index (χ1v) is 4.59. The fourth-order valence-electron chi connectivity index (χ4n) is 1.23. The first-order valence-electron chi connectivity index (χ1n) is 4.21. The van der Waals surface area contributed by atoms with E-state index in [0.29, 0.717) is 0 Å². The van der Waals surface area contributed by atoms with Crippen LogP contribution in [0.3, 0.4) is 0 Å². The van der Waals surface area contributed by atoms with Gasteiger partial charge < -0.3 is 0 Å². The third-order valence-electron chi connectivity index (χ3n) is 1.94. The predicted octanol–water partition coefficient (Wildman–Crippen LogP) is 3.14. The van der Waals surface area contributed by atoms with Crippen LogP contribution in [0.15, 0.2) is 24.5 Å². The van der Waals surface area contributed by atoms with Crippen LogP contribution in [-0.2, 0) is 6.18 Å². The van der Waals surface area contributed by atoms with Gasteiger partial charge in [-0.25, -0.2) is 4.98 Å². The summed E-state index contributed by atoms with van der Waals surface area (Å²) in [4.78, 5) is 3.76. The molecule has 1 aromatic heterocycles. The Morgan fingerprint density at radius 2 is 2.00 bits per heavy atom. The number of hydrogen-bond acceptors (Lipinski definition) is 2. The number of aromatic nitrogens is 3. The van der Waals surface area contributed by atoms with Crippen molar-refractivity contribution in [1.29, 1.82) is 0 Å². The summed E-state index contributed by atoms with van der Waals surface area (Å²) in [5.74, 6) is 0.196. The minimum absolute atomic E-state index is 0.196. The summed E-state index contributed by atoms with van der Waals surface area (Å²) in [5.41, 5.74) is -0.630. The number of benzene rings is 1. The Balaban J connectivity index is 2.52. The summed E-state index contributed by atoms with van der Waals surface area (Å²) in [6.07, 6.45) is -3.19. The quantitative estimate of drug-likeness (QED) is 0.841. The molecule has 0 radical (unpaired) electrons. The van der Waals surface area contributed by atoms with E-state index in [2.05, 4.69) is 15.2 Å². The number of alkyl halides is 3. The van der Waals surface area contributed by atoms with Crippen LogP contribution in [0, 0.1) is 0 Å². The lowest BCUT2D eigenvalue weighted by Crippen LogP contribution is -2.06. The second-order valence-electron chi connectivity index (χ2n) is 3.02. The van der Waals surface area contributed by atoms with E-state index in [9.17, 15) is 13.2 Å². The number of H-pyrrole nitrogens is 1. The number of nitrogens with zero attached hydrogens (tertiary/aromatic N) is 2. The molecule has 1 heterocycles. The molecule has 0 aliphatic rings. The smallest absolute Gasteiger partial charge is 0.265 e. The molecule has 0 spiro atoms. The lowest BCUT2D eigenvalue weighted by Gasteiger charge is -2.09. The largest absolute Gasteiger partial charge is 0.417 e. The Kier molecular flexibility index (Phi) is 2.59. The van der Waals surface area contributed by atoms with Crippen molar-refractivity contribution in [1.82, 2.24) is 15.2 Å². The molecule has 0 unspecified atom stereocenters. The molecule has 3 nitrogen and oxygen atoms in total. The van der Waals surface area contributed by atoms with Crippen molar-refractivity contribution in [2.75, 3.05) is 0 Å². The minimum atomic E-state index is -4.48. The molecule has 0 fully saturated rings. The van der Waals surface area contributed by atoms with Crippen LogP contribution < -0.4 is 0 Å². The molecule has 0 aliphatic heterocycles. The second kappa shape index (κ2) is 3.79. The van der Waals surface area contributed by atoms with Gasteiger partial charge in [0.2, 0.25) is 0 Å². The Morgan fingerprint density at radius 3 is 2.56 bits per heavy atom. The van der Waals surface area contributed by atoms with E-state index in [4.69, 9.17) is 11.6 Å². The van der Waals surface area contributed by atoms with Gasteiger partial charge in [0.05, 0.1) is 10.6 Å². The van der Waals surface area contributed by atoms with Gasteiger partial charge in [0.15, 0.2) is 5.82 Å². The summed E-state index contributed by atoms with van der Waals surface area (Å²) < 4.78 is 37.6. The SMILES string of the molecule is FC(F)(F)c1cc(-c2nc[nH]n2)ccc1Cl. The average Bonchev–Trinajstić information content (AvgIpc) is 2.69. The van der Waals surface area contributed by atoms with Gasteiger partial charge in [0.25, 0.3) is 0 Å². The molecular weight excluding hydrogens is 243 g/mol. The maximum atomic E-state index is 12.5. The molecule has 0 saturated carbocycles. The third kappa shape index (κ3) is 2.01. The highest BCUT2D eigenvalue weighted by Gasteiger charge is 2.33. The first-order chi connectivity index (χ1) is 7.48. The zero-order chi connectivity index (χ0) is 11.8. The van der Waals surface area contributed by atoms with Gasteiger partial charge in [0, 0.05) is 5.56 Å². The van der Waals surface area contributed by atoms with Crippen molar-refractivity contribution in [3.63, 3.8) is 0 Å². The summed E-state index contributed by atoms with van der Waals surface area (Å²) in [7, 11) is 0. The van der Waals surface area contributed by atoms with E-state index in [1.807, 2.05) is 0 Å². The molecule has 84 valence electrons. The summed E-state index contributed by atoms with van der Waals surface area (Å²) in [6, 6.07) is 3.53. The maximum absolute atomic E-state index is 12.5. The van der Waals surface area contributed by atoms with Crippen LogP contribution in [0.1, 0.15) is 5.56 Å². The average molecular weight is 248 g/mol. The predicted molar refractivity (Wildman–Crippen MR) is 51.8 cm³/mol. The standard InChI is InChI=1S/C9H5ClF3N3/c10-7-2-1-5(8-14-4-15-16-8)3-6(7)9(11,12)13/h1-4H,(H,14,15,16). The van der Waals surface area contributed by atoms with Gasteiger partial charge in [-0.3, -0.25) is 5.10 Å². The summed E-state index contributed by atoms with van der Waals surface area (Å²) in [5, 5.41) is 5.78. The fraction of sp³-hybridized carbons (Fsp3) is 0.111. The lowest BCUT2D eigenvalue weighted by atomic mass is 10.1. The van der Waals surface area contributed by atoms with E-state index >= 15 is 0 Å². The summed E-state index contributed by atoms with van der Waals surface area (Å²) in [6.45, 7) is 0. The van der Waals surface area contributed by atoms with Crippen molar-refractivity contribution in [2.45, 2.75) is 6.18 Å². The van der Waals surface area contributed by atoms with Crippen molar-refractivity contribution >= 4 is 11.6 Å². The highest BCUT2D eigenvalue weighted by molar-refractivity contribution is 6.31. The number of nitrogens with one attached hydrogen (secondary N) is 1. The molecule has 7 heteroatoms. The van der Waals surface area contributed by atoms with E-state index in [1.165, 1.54) is 18.5 Å². The van der Waals surface area contributed by atoms with E-state index in [0.717, 1.165) is 6.07 Å². The van der Waals surface area contributed by atoms with E-state index in [-0.39, 0.29) is 16.4 Å². The molecule has 1 aromatic carbocycles. The van der Waals surface area contributed by atoms with E-state index < -0.39 is 11.7 Å². The molecule has 0 saturated heterocycles. The Labute approximate surface area is 93.3 Å². The van der Waals surface area contributed by atoms with Crippen molar-refractivity contribution in [3.8, 4) is 11.4 Å². The highest BCUT2D eigenvalue weighted by atomic mass is 35.5. The van der Waals surface area contributed by atoms with Crippen LogP contribution in [0.5, 0.6) is 0 Å². The summed E-state index contributed by atoms with van der Waals surface area (Å²) >= 11 is 5.47. The topological polar surface area (TPSA) is 41.6 Å². The Bertz CT molecular complexity index is 493. The van der Waals surface area contributed by atoms with Crippen LogP contribution in [-0.4, -0.2) is 15.2 Å². The van der Waals surface area contributed by atoms with Gasteiger partial charge in [-0.15, -0.1) is 0 Å². The van der Waals surface area contributed by atoms with Crippen LogP contribution in [0.25, 0.3) is 11.4 Å². The lowest BCUT2D eigenvalue weighted by molar-refractivity contribution is -0.137. The molecule has 0 bridgehead atoms. The van der Waals surface area contributed by atoms with Crippen molar-refractivity contribution in [2.24, 2.45) is 0 Å².